The van der Waals surface area contributed by atoms with Crippen molar-refractivity contribution >= 4 is 23.1 Å². The summed E-state index contributed by atoms with van der Waals surface area (Å²) in [6.07, 6.45) is 3.32. The number of rotatable bonds is 6. The summed E-state index contributed by atoms with van der Waals surface area (Å²) in [6, 6.07) is 0. The number of aromatic nitrogens is 2. The molecule has 0 aliphatic carbocycles. The zero-order chi connectivity index (χ0) is 13.7. The van der Waals surface area contributed by atoms with Crippen LogP contribution in [-0.2, 0) is 18.4 Å². The van der Waals surface area contributed by atoms with Crippen LogP contribution in [-0.4, -0.2) is 20.7 Å². The minimum atomic E-state index is -0.373. The van der Waals surface area contributed by atoms with Crippen LogP contribution >= 0.6 is 12.2 Å². The first-order chi connectivity index (χ1) is 8.47. The van der Waals surface area contributed by atoms with Gasteiger partial charge in [0.1, 0.15) is 0 Å². The Morgan fingerprint density at radius 2 is 2.33 bits per heavy atom. The average molecular weight is 268 g/mol. The van der Waals surface area contributed by atoms with Crippen LogP contribution in [0.3, 0.4) is 0 Å². The minimum absolute atomic E-state index is 0.104. The van der Waals surface area contributed by atoms with Gasteiger partial charge in [-0.3, -0.25) is 9.48 Å². The molecule has 0 bridgehead atoms. The lowest BCUT2D eigenvalue weighted by atomic mass is 10.0. The number of amides is 1. The van der Waals surface area contributed by atoms with Crippen molar-refractivity contribution < 1.29 is 4.79 Å². The highest BCUT2D eigenvalue weighted by molar-refractivity contribution is 7.80. The third kappa shape index (κ3) is 3.53. The molecular weight excluding hydrogens is 248 g/mol. The van der Waals surface area contributed by atoms with Gasteiger partial charge in [0.2, 0.25) is 5.91 Å². The van der Waals surface area contributed by atoms with E-state index in [4.69, 9.17) is 18.0 Å². The quantitative estimate of drug-likeness (QED) is 0.756. The topological polar surface area (TPSA) is 72.9 Å². The van der Waals surface area contributed by atoms with Gasteiger partial charge in [-0.2, -0.15) is 5.10 Å². The maximum absolute atomic E-state index is 12.0. The largest absolute Gasteiger partial charge is 0.393 e. The number of carbonyl (C=O) groups excluding carboxylic acids is 1. The second-order valence-electron chi connectivity index (χ2n) is 4.34. The smallest absolute Gasteiger partial charge is 0.230 e. The zero-order valence-electron chi connectivity index (χ0n) is 11.1. The minimum Gasteiger partial charge on any atom is -0.393 e. The number of nitrogens with zero attached hydrogens (tertiary/aromatic N) is 2. The molecule has 1 atom stereocenters. The van der Waals surface area contributed by atoms with E-state index >= 15 is 0 Å². The van der Waals surface area contributed by atoms with E-state index in [-0.39, 0.29) is 16.8 Å². The van der Waals surface area contributed by atoms with Crippen molar-refractivity contribution in [2.45, 2.75) is 33.2 Å². The first-order valence-corrected chi connectivity index (χ1v) is 6.42. The molecule has 100 valence electrons. The van der Waals surface area contributed by atoms with E-state index in [1.165, 1.54) is 0 Å². The second kappa shape index (κ2) is 6.49. The summed E-state index contributed by atoms with van der Waals surface area (Å²) in [6.45, 7) is 4.43. The molecule has 1 heterocycles. The highest BCUT2D eigenvalue weighted by Gasteiger charge is 2.20. The Morgan fingerprint density at radius 1 is 1.67 bits per heavy atom. The Balaban J connectivity index is 2.59. The monoisotopic (exact) mass is 268 g/mol. The van der Waals surface area contributed by atoms with Crippen LogP contribution in [0.5, 0.6) is 0 Å². The maximum Gasteiger partial charge on any atom is 0.230 e. The van der Waals surface area contributed by atoms with Gasteiger partial charge in [-0.1, -0.05) is 25.6 Å². The fourth-order valence-corrected chi connectivity index (χ4v) is 1.94. The molecule has 0 fully saturated rings. The molecule has 0 radical (unpaired) electrons. The van der Waals surface area contributed by atoms with Crippen LogP contribution in [0.4, 0.5) is 0 Å². The van der Waals surface area contributed by atoms with Crippen LogP contribution in [0, 0.1) is 12.8 Å². The van der Waals surface area contributed by atoms with E-state index in [0.717, 1.165) is 17.7 Å². The molecule has 0 aliphatic heterocycles. The van der Waals surface area contributed by atoms with Crippen molar-refractivity contribution in [1.82, 2.24) is 15.1 Å². The van der Waals surface area contributed by atoms with E-state index in [2.05, 4.69) is 10.4 Å². The summed E-state index contributed by atoms with van der Waals surface area (Å²) in [5, 5.41) is 6.98. The number of carbonyl (C=O) groups is 1. The highest BCUT2D eigenvalue weighted by Crippen LogP contribution is 2.09. The molecule has 5 nitrogen and oxygen atoms in total. The van der Waals surface area contributed by atoms with Gasteiger partial charge in [0.25, 0.3) is 0 Å². The van der Waals surface area contributed by atoms with Gasteiger partial charge < -0.3 is 11.1 Å². The SMILES string of the molecule is CCCC(C(=O)NCc1cnn(C)c1C)C(N)=S. The number of hydrogen-bond acceptors (Lipinski definition) is 3. The third-order valence-electron chi connectivity index (χ3n) is 3.03. The van der Waals surface area contributed by atoms with E-state index in [0.29, 0.717) is 13.0 Å². The van der Waals surface area contributed by atoms with Crippen molar-refractivity contribution in [3.8, 4) is 0 Å². The lowest BCUT2D eigenvalue weighted by Crippen LogP contribution is -2.37. The first-order valence-electron chi connectivity index (χ1n) is 6.01. The highest BCUT2D eigenvalue weighted by atomic mass is 32.1. The van der Waals surface area contributed by atoms with Gasteiger partial charge >= 0.3 is 0 Å². The molecule has 0 saturated carbocycles. The summed E-state index contributed by atoms with van der Waals surface area (Å²) in [7, 11) is 1.87. The van der Waals surface area contributed by atoms with Gasteiger partial charge in [0, 0.05) is 24.8 Å². The molecule has 0 aliphatic rings. The van der Waals surface area contributed by atoms with Crippen LogP contribution in [0.25, 0.3) is 0 Å². The molecule has 0 saturated heterocycles. The maximum atomic E-state index is 12.0. The van der Waals surface area contributed by atoms with Crippen molar-refractivity contribution in [1.29, 1.82) is 0 Å². The second-order valence-corrected chi connectivity index (χ2v) is 4.81. The summed E-state index contributed by atoms with van der Waals surface area (Å²) in [4.78, 5) is 12.2. The Morgan fingerprint density at radius 3 is 2.78 bits per heavy atom. The van der Waals surface area contributed by atoms with Gasteiger partial charge in [0.05, 0.1) is 17.1 Å². The number of thiocarbonyl (C=S) groups is 1. The summed E-state index contributed by atoms with van der Waals surface area (Å²) >= 11 is 4.92. The number of aryl methyl sites for hydroxylation is 1. The van der Waals surface area contributed by atoms with Gasteiger partial charge in [-0.05, 0) is 13.3 Å². The number of hydrogen-bond donors (Lipinski definition) is 2. The van der Waals surface area contributed by atoms with Crippen molar-refractivity contribution in [3.05, 3.63) is 17.5 Å². The first kappa shape index (κ1) is 14.6. The summed E-state index contributed by atoms with van der Waals surface area (Å²) in [5.74, 6) is -0.477. The van der Waals surface area contributed by atoms with E-state index in [9.17, 15) is 4.79 Å². The molecule has 3 N–H and O–H groups in total. The van der Waals surface area contributed by atoms with Gasteiger partial charge in [0.15, 0.2) is 0 Å². The summed E-state index contributed by atoms with van der Waals surface area (Å²) in [5.41, 5.74) is 7.62. The fraction of sp³-hybridized carbons (Fsp3) is 0.583. The van der Waals surface area contributed by atoms with Crippen LogP contribution in [0.15, 0.2) is 6.20 Å². The number of nitrogens with two attached hydrogens (primary N) is 1. The van der Waals surface area contributed by atoms with Gasteiger partial charge in [-0.15, -0.1) is 0 Å². The Hall–Kier alpha value is -1.43. The van der Waals surface area contributed by atoms with E-state index in [1.54, 1.807) is 10.9 Å². The average Bonchev–Trinajstić information content (AvgIpc) is 2.63. The van der Waals surface area contributed by atoms with Crippen LogP contribution in [0.2, 0.25) is 0 Å². The molecule has 6 heteroatoms. The molecular formula is C12H20N4OS. The lowest BCUT2D eigenvalue weighted by Gasteiger charge is -2.14. The lowest BCUT2D eigenvalue weighted by molar-refractivity contribution is -0.123. The fourth-order valence-electron chi connectivity index (χ4n) is 1.71. The Labute approximate surface area is 113 Å². The molecule has 1 amide bonds. The molecule has 1 rings (SSSR count). The van der Waals surface area contributed by atoms with Crippen molar-refractivity contribution in [2.75, 3.05) is 0 Å². The molecule has 18 heavy (non-hydrogen) atoms. The third-order valence-corrected chi connectivity index (χ3v) is 3.31. The number of nitrogens with one attached hydrogen (secondary N) is 1. The van der Waals surface area contributed by atoms with E-state index in [1.807, 2.05) is 20.9 Å². The van der Waals surface area contributed by atoms with Gasteiger partial charge in [-0.25, -0.2) is 0 Å². The normalized spacial score (nSPS) is 12.2. The molecule has 0 aromatic carbocycles. The molecule has 1 aromatic rings. The summed E-state index contributed by atoms with van der Waals surface area (Å²) < 4.78 is 1.78. The molecule has 0 spiro atoms. The molecule has 1 aromatic heterocycles. The van der Waals surface area contributed by atoms with Crippen molar-refractivity contribution in [3.63, 3.8) is 0 Å². The van der Waals surface area contributed by atoms with Crippen molar-refractivity contribution in [2.24, 2.45) is 18.7 Å². The predicted octanol–water partition coefficient (Wildman–Crippen LogP) is 1.05. The predicted molar refractivity (Wildman–Crippen MR) is 75.0 cm³/mol. The van der Waals surface area contributed by atoms with Crippen LogP contribution < -0.4 is 11.1 Å². The Kier molecular flexibility index (Phi) is 5.27. The molecule has 1 unspecified atom stereocenters. The van der Waals surface area contributed by atoms with E-state index < -0.39 is 0 Å². The Bertz CT molecular complexity index is 441. The van der Waals surface area contributed by atoms with Crippen LogP contribution in [0.1, 0.15) is 31.0 Å². The zero-order valence-corrected chi connectivity index (χ0v) is 11.9. The standard InChI is InChI=1S/C12H20N4OS/c1-4-5-10(11(13)18)12(17)14-6-9-7-15-16(3)8(9)2/h7,10H,4-6H2,1-3H3,(H2,13,18)(H,14,17).